The van der Waals surface area contributed by atoms with Crippen LogP contribution in [-0.4, -0.2) is 47.0 Å². The van der Waals surface area contributed by atoms with Gasteiger partial charge in [-0.25, -0.2) is 17.5 Å². The standard InChI is InChI=1S/C13H22FN3O2S/c1-4-15-10-11-9-12(5-6-13(11)14)20(18,19)16-7-8-17(2)3/h5-6,9,15-16H,4,7-8,10H2,1-3H3. The molecule has 0 aliphatic carbocycles. The Bertz CT molecular complexity index is 532. The van der Waals surface area contributed by atoms with Crippen molar-refractivity contribution >= 4 is 10.0 Å². The fourth-order valence-electron chi connectivity index (χ4n) is 1.60. The highest BCUT2D eigenvalue weighted by Crippen LogP contribution is 2.15. The molecule has 0 fully saturated rings. The third-order valence-electron chi connectivity index (χ3n) is 2.74. The molecule has 0 unspecified atom stereocenters. The van der Waals surface area contributed by atoms with Gasteiger partial charge in [0.15, 0.2) is 0 Å². The summed E-state index contributed by atoms with van der Waals surface area (Å²) in [5, 5.41) is 2.98. The van der Waals surface area contributed by atoms with Crippen LogP contribution < -0.4 is 10.0 Å². The predicted molar refractivity (Wildman–Crippen MR) is 77.5 cm³/mol. The van der Waals surface area contributed by atoms with Gasteiger partial charge in [0.05, 0.1) is 4.90 Å². The number of halogens is 1. The fraction of sp³-hybridized carbons (Fsp3) is 0.538. The molecular weight excluding hydrogens is 281 g/mol. The molecule has 0 aliphatic rings. The van der Waals surface area contributed by atoms with E-state index in [0.717, 1.165) is 0 Å². The number of hydrogen-bond donors (Lipinski definition) is 2. The van der Waals surface area contributed by atoms with Gasteiger partial charge in [0, 0.05) is 25.2 Å². The Kier molecular flexibility index (Phi) is 6.54. The zero-order valence-corrected chi connectivity index (χ0v) is 12.9. The van der Waals surface area contributed by atoms with Crippen LogP contribution in [0.15, 0.2) is 23.1 Å². The minimum Gasteiger partial charge on any atom is -0.313 e. The number of rotatable bonds is 8. The summed E-state index contributed by atoms with van der Waals surface area (Å²) in [7, 11) is 0.132. The molecule has 1 rings (SSSR count). The largest absolute Gasteiger partial charge is 0.313 e. The number of nitrogens with zero attached hydrogens (tertiary/aromatic N) is 1. The highest BCUT2D eigenvalue weighted by molar-refractivity contribution is 7.89. The van der Waals surface area contributed by atoms with Crippen molar-refractivity contribution in [3.8, 4) is 0 Å². The first-order chi connectivity index (χ1) is 9.36. The average molecular weight is 303 g/mol. The normalized spacial score (nSPS) is 12.1. The molecule has 0 aromatic heterocycles. The van der Waals surface area contributed by atoms with Gasteiger partial charge in [0.25, 0.3) is 0 Å². The molecule has 0 radical (unpaired) electrons. The van der Waals surface area contributed by atoms with Gasteiger partial charge < -0.3 is 10.2 Å². The number of sulfonamides is 1. The van der Waals surface area contributed by atoms with Crippen molar-refractivity contribution in [1.29, 1.82) is 0 Å². The number of likely N-dealkylation sites (N-methyl/N-ethyl adjacent to an activating group) is 1. The minimum atomic E-state index is -3.59. The average Bonchev–Trinajstić information content (AvgIpc) is 2.36. The summed E-state index contributed by atoms with van der Waals surface area (Å²) in [6.45, 7) is 3.82. The third-order valence-corrected chi connectivity index (χ3v) is 4.20. The minimum absolute atomic E-state index is 0.0885. The second-order valence-corrected chi connectivity index (χ2v) is 6.50. The SMILES string of the molecule is CCNCc1cc(S(=O)(=O)NCCN(C)C)ccc1F. The van der Waals surface area contributed by atoms with E-state index in [4.69, 9.17) is 0 Å². The van der Waals surface area contributed by atoms with Gasteiger partial charge in [-0.3, -0.25) is 0 Å². The maximum atomic E-state index is 13.6. The van der Waals surface area contributed by atoms with E-state index in [1.807, 2.05) is 25.9 Å². The second-order valence-electron chi connectivity index (χ2n) is 4.73. The van der Waals surface area contributed by atoms with E-state index in [-0.39, 0.29) is 4.90 Å². The van der Waals surface area contributed by atoms with E-state index in [0.29, 0.717) is 31.7 Å². The first kappa shape index (κ1) is 17.0. The highest BCUT2D eigenvalue weighted by atomic mass is 32.2. The van der Waals surface area contributed by atoms with Crippen molar-refractivity contribution in [2.24, 2.45) is 0 Å². The number of hydrogen-bond acceptors (Lipinski definition) is 4. The Morgan fingerprint density at radius 3 is 2.60 bits per heavy atom. The molecule has 0 bridgehead atoms. The molecule has 0 aliphatic heterocycles. The molecule has 0 amide bonds. The van der Waals surface area contributed by atoms with Gasteiger partial charge >= 0.3 is 0 Å². The van der Waals surface area contributed by atoms with Crippen LogP contribution in [0.25, 0.3) is 0 Å². The molecule has 114 valence electrons. The number of nitrogens with one attached hydrogen (secondary N) is 2. The summed E-state index contributed by atoms with van der Waals surface area (Å²) in [6.07, 6.45) is 0. The van der Waals surface area contributed by atoms with Gasteiger partial charge in [0.2, 0.25) is 10.0 Å². The highest BCUT2D eigenvalue weighted by Gasteiger charge is 2.15. The maximum Gasteiger partial charge on any atom is 0.240 e. The molecule has 1 aromatic carbocycles. The number of benzene rings is 1. The zero-order chi connectivity index (χ0) is 15.2. The summed E-state index contributed by atoms with van der Waals surface area (Å²) in [4.78, 5) is 1.97. The monoisotopic (exact) mass is 303 g/mol. The maximum absolute atomic E-state index is 13.6. The van der Waals surface area contributed by atoms with Gasteiger partial charge in [-0.2, -0.15) is 0 Å². The molecular formula is C13H22FN3O2S. The summed E-state index contributed by atoms with van der Waals surface area (Å²) in [5.74, 6) is -0.404. The van der Waals surface area contributed by atoms with Crippen LogP contribution >= 0.6 is 0 Å². The molecule has 0 atom stereocenters. The van der Waals surface area contributed by atoms with Crippen molar-refractivity contribution in [3.05, 3.63) is 29.6 Å². The first-order valence-corrected chi connectivity index (χ1v) is 7.98. The van der Waals surface area contributed by atoms with Crippen molar-refractivity contribution in [3.63, 3.8) is 0 Å². The molecule has 0 heterocycles. The zero-order valence-electron chi connectivity index (χ0n) is 12.1. The van der Waals surface area contributed by atoms with Crippen molar-refractivity contribution in [1.82, 2.24) is 14.9 Å². The molecule has 0 saturated carbocycles. The smallest absolute Gasteiger partial charge is 0.240 e. The van der Waals surface area contributed by atoms with Crippen LogP contribution in [0.5, 0.6) is 0 Å². The van der Waals surface area contributed by atoms with Crippen LogP contribution in [0.3, 0.4) is 0 Å². The lowest BCUT2D eigenvalue weighted by Gasteiger charge is -2.12. The summed E-state index contributed by atoms with van der Waals surface area (Å²) in [5.41, 5.74) is 0.349. The van der Waals surface area contributed by atoms with E-state index in [2.05, 4.69) is 10.0 Å². The van der Waals surface area contributed by atoms with Crippen LogP contribution in [0.4, 0.5) is 4.39 Å². The quantitative estimate of drug-likeness (QED) is 0.745. The van der Waals surface area contributed by atoms with Crippen LogP contribution in [-0.2, 0) is 16.6 Å². The van der Waals surface area contributed by atoms with Crippen LogP contribution in [0, 0.1) is 5.82 Å². The van der Waals surface area contributed by atoms with E-state index in [1.165, 1.54) is 18.2 Å². The van der Waals surface area contributed by atoms with E-state index < -0.39 is 15.8 Å². The van der Waals surface area contributed by atoms with Gasteiger partial charge in [-0.05, 0) is 38.8 Å². The van der Waals surface area contributed by atoms with Crippen molar-refractivity contribution < 1.29 is 12.8 Å². The Labute approximate surface area is 120 Å². The second kappa shape index (κ2) is 7.68. The molecule has 0 saturated heterocycles. The van der Waals surface area contributed by atoms with Crippen molar-refractivity contribution in [2.75, 3.05) is 33.7 Å². The van der Waals surface area contributed by atoms with E-state index in [1.54, 1.807) is 0 Å². The van der Waals surface area contributed by atoms with E-state index >= 15 is 0 Å². The molecule has 7 heteroatoms. The van der Waals surface area contributed by atoms with Crippen molar-refractivity contribution in [2.45, 2.75) is 18.4 Å². The third kappa shape index (κ3) is 5.16. The van der Waals surface area contributed by atoms with Crippen LogP contribution in [0.1, 0.15) is 12.5 Å². The molecule has 5 nitrogen and oxygen atoms in total. The topological polar surface area (TPSA) is 61.4 Å². The van der Waals surface area contributed by atoms with Gasteiger partial charge in [-0.1, -0.05) is 6.92 Å². The fourth-order valence-corrected chi connectivity index (χ4v) is 2.67. The Hall–Kier alpha value is -1.02. The lowest BCUT2D eigenvalue weighted by molar-refractivity contribution is 0.412. The predicted octanol–water partition coefficient (Wildman–Crippen LogP) is 0.775. The Balaban J connectivity index is 2.83. The van der Waals surface area contributed by atoms with E-state index in [9.17, 15) is 12.8 Å². The van der Waals surface area contributed by atoms with Gasteiger partial charge in [0.1, 0.15) is 5.82 Å². The lowest BCUT2D eigenvalue weighted by Crippen LogP contribution is -2.31. The Morgan fingerprint density at radius 2 is 2.00 bits per heavy atom. The Morgan fingerprint density at radius 1 is 1.30 bits per heavy atom. The summed E-state index contributed by atoms with van der Waals surface area (Å²) in [6, 6.07) is 3.84. The van der Waals surface area contributed by atoms with Gasteiger partial charge in [-0.15, -0.1) is 0 Å². The summed E-state index contributed by atoms with van der Waals surface area (Å²) >= 11 is 0. The molecule has 0 spiro atoms. The first-order valence-electron chi connectivity index (χ1n) is 6.50. The lowest BCUT2D eigenvalue weighted by atomic mass is 10.2. The molecule has 20 heavy (non-hydrogen) atoms. The van der Waals surface area contributed by atoms with Crippen LogP contribution in [0.2, 0.25) is 0 Å². The molecule has 2 N–H and O–H groups in total. The summed E-state index contributed by atoms with van der Waals surface area (Å²) < 4.78 is 40.2. The molecule has 1 aromatic rings.